The number of benzene rings is 3. The summed E-state index contributed by atoms with van der Waals surface area (Å²) >= 11 is 1.22. The van der Waals surface area contributed by atoms with E-state index in [4.69, 9.17) is 9.73 Å². The van der Waals surface area contributed by atoms with Gasteiger partial charge in [-0.25, -0.2) is 4.99 Å². The lowest BCUT2D eigenvalue weighted by molar-refractivity contribution is -0.113. The topological polar surface area (TPSA) is 96.2 Å². The summed E-state index contributed by atoms with van der Waals surface area (Å²) in [4.78, 5) is 35.0. The SMILES string of the molecule is CCN(CC)c1ccc(/C=c2\sc3n(c2=O)[C@H](c2cccc(OC)c2)C(C(=O)Nc2ccccc2)=C(C)N=3)c(O)c1. The smallest absolute Gasteiger partial charge is 0.271 e. The quantitative estimate of drug-likeness (QED) is 0.328. The van der Waals surface area contributed by atoms with Crippen LogP contribution in [0.25, 0.3) is 6.08 Å². The number of phenols is 1. The molecule has 2 N–H and O–H groups in total. The van der Waals surface area contributed by atoms with Gasteiger partial charge in [-0.2, -0.15) is 0 Å². The normalized spacial score (nSPS) is 14.8. The summed E-state index contributed by atoms with van der Waals surface area (Å²) in [5, 5.41) is 13.8. The van der Waals surface area contributed by atoms with Crippen molar-refractivity contribution < 1.29 is 14.6 Å². The fraction of sp³-hybridized carbons (Fsp3) is 0.219. The number of anilines is 2. The van der Waals surface area contributed by atoms with Gasteiger partial charge in [0.25, 0.3) is 11.5 Å². The Kier molecular flexibility index (Phi) is 8.07. The molecule has 4 aromatic rings. The van der Waals surface area contributed by atoms with Gasteiger partial charge in [-0.3, -0.25) is 14.2 Å². The van der Waals surface area contributed by atoms with E-state index >= 15 is 0 Å². The molecule has 8 nitrogen and oxygen atoms in total. The molecule has 0 unspecified atom stereocenters. The number of aromatic nitrogens is 1. The highest BCUT2D eigenvalue weighted by Crippen LogP contribution is 2.32. The van der Waals surface area contributed by atoms with Gasteiger partial charge in [0.15, 0.2) is 4.80 Å². The van der Waals surface area contributed by atoms with Gasteiger partial charge in [0, 0.05) is 36.1 Å². The van der Waals surface area contributed by atoms with Gasteiger partial charge in [-0.15, -0.1) is 0 Å². The van der Waals surface area contributed by atoms with Crippen LogP contribution in [-0.2, 0) is 4.79 Å². The van der Waals surface area contributed by atoms with Crippen molar-refractivity contribution in [2.45, 2.75) is 26.8 Å². The van der Waals surface area contributed by atoms with Crippen LogP contribution in [0, 0.1) is 0 Å². The Bertz CT molecular complexity index is 1800. The predicted molar refractivity (Wildman–Crippen MR) is 163 cm³/mol. The van der Waals surface area contributed by atoms with E-state index in [-0.39, 0.29) is 17.2 Å². The van der Waals surface area contributed by atoms with Gasteiger partial charge < -0.3 is 20.1 Å². The molecule has 0 bridgehead atoms. The molecule has 5 rings (SSSR count). The third kappa shape index (κ3) is 5.53. The Balaban J connectivity index is 1.64. The van der Waals surface area contributed by atoms with E-state index in [0.717, 1.165) is 24.3 Å². The first-order valence-electron chi connectivity index (χ1n) is 13.5. The van der Waals surface area contributed by atoms with Crippen LogP contribution in [-0.4, -0.2) is 35.8 Å². The molecule has 210 valence electrons. The highest BCUT2D eigenvalue weighted by molar-refractivity contribution is 7.07. The Hall–Kier alpha value is -4.63. The van der Waals surface area contributed by atoms with Crippen LogP contribution < -0.4 is 29.8 Å². The van der Waals surface area contributed by atoms with Crippen LogP contribution in [0.4, 0.5) is 11.4 Å². The number of allylic oxidation sites excluding steroid dienone is 1. The average Bonchev–Trinajstić information content (AvgIpc) is 3.28. The lowest BCUT2D eigenvalue weighted by atomic mass is 9.95. The lowest BCUT2D eigenvalue weighted by Crippen LogP contribution is -2.40. The molecule has 0 spiro atoms. The van der Waals surface area contributed by atoms with E-state index in [2.05, 4.69) is 24.1 Å². The minimum Gasteiger partial charge on any atom is -0.507 e. The van der Waals surface area contributed by atoms with E-state index in [0.29, 0.717) is 37.6 Å². The molecular weight excluding hydrogens is 536 g/mol. The monoisotopic (exact) mass is 568 g/mol. The summed E-state index contributed by atoms with van der Waals surface area (Å²) in [6.07, 6.45) is 1.68. The number of fused-ring (bicyclic) bond motifs is 1. The molecule has 1 aromatic heterocycles. The van der Waals surface area contributed by atoms with Crippen LogP contribution in [0.1, 0.15) is 37.9 Å². The Morgan fingerprint density at radius 1 is 1.10 bits per heavy atom. The minimum absolute atomic E-state index is 0.0867. The number of nitrogens with zero attached hydrogens (tertiary/aromatic N) is 3. The highest BCUT2D eigenvalue weighted by atomic mass is 32.1. The largest absolute Gasteiger partial charge is 0.507 e. The molecule has 41 heavy (non-hydrogen) atoms. The molecular formula is C32H32N4O4S. The summed E-state index contributed by atoms with van der Waals surface area (Å²) in [6.45, 7) is 7.53. The van der Waals surface area contributed by atoms with Crippen molar-refractivity contribution in [3.05, 3.63) is 115 Å². The molecule has 3 aromatic carbocycles. The fourth-order valence-corrected chi connectivity index (χ4v) is 6.08. The number of phenolic OH excluding ortho intramolecular Hbond substituents is 1. The maximum Gasteiger partial charge on any atom is 0.271 e. The number of ether oxygens (including phenoxy) is 1. The summed E-state index contributed by atoms with van der Waals surface area (Å²) in [6, 6.07) is 21.3. The van der Waals surface area contributed by atoms with E-state index in [1.165, 1.54) is 11.3 Å². The van der Waals surface area contributed by atoms with Crippen molar-refractivity contribution in [2.75, 3.05) is 30.4 Å². The average molecular weight is 569 g/mol. The van der Waals surface area contributed by atoms with Crippen molar-refractivity contribution in [1.82, 2.24) is 4.57 Å². The van der Waals surface area contributed by atoms with Crippen molar-refractivity contribution in [3.63, 3.8) is 0 Å². The number of hydrogen-bond donors (Lipinski definition) is 2. The molecule has 1 atom stereocenters. The minimum atomic E-state index is -0.731. The molecule has 1 aliphatic rings. The summed E-state index contributed by atoms with van der Waals surface area (Å²) < 4.78 is 7.42. The molecule has 0 radical (unpaired) electrons. The number of hydrogen-bond acceptors (Lipinski definition) is 7. The third-order valence-electron chi connectivity index (χ3n) is 7.14. The van der Waals surface area contributed by atoms with Gasteiger partial charge in [-0.1, -0.05) is 41.7 Å². The van der Waals surface area contributed by atoms with Crippen molar-refractivity contribution in [2.24, 2.45) is 4.99 Å². The maximum absolute atomic E-state index is 14.0. The number of carbonyl (C=O) groups is 1. The van der Waals surface area contributed by atoms with Crippen LogP contribution in [0.15, 0.2) is 93.9 Å². The first kappa shape index (κ1) is 27.9. The van der Waals surface area contributed by atoms with Crippen molar-refractivity contribution in [3.8, 4) is 11.5 Å². The Morgan fingerprint density at radius 3 is 2.54 bits per heavy atom. The number of nitrogens with one attached hydrogen (secondary N) is 1. The Labute approximate surface area is 242 Å². The molecule has 1 amide bonds. The molecule has 2 heterocycles. The standard InChI is InChI=1S/C32H32N4O4S/c1-5-35(6-2)24-16-15-21(26(37)19-24)18-27-31(39)36-29(22-11-10-14-25(17-22)40-4)28(20(3)33-32(36)41-27)30(38)34-23-12-8-7-9-13-23/h7-19,29,37H,5-6H2,1-4H3,(H,34,38)/b27-18-/t29-/m1/s1. The third-order valence-corrected chi connectivity index (χ3v) is 8.12. The predicted octanol–water partition coefficient (Wildman–Crippen LogP) is 4.43. The van der Waals surface area contributed by atoms with E-state index in [9.17, 15) is 14.7 Å². The summed E-state index contributed by atoms with van der Waals surface area (Å²) in [7, 11) is 1.58. The molecule has 0 saturated carbocycles. The number of amides is 1. The van der Waals surface area contributed by atoms with E-state index < -0.39 is 6.04 Å². The van der Waals surface area contributed by atoms with Gasteiger partial charge in [0.05, 0.1) is 29.0 Å². The number of aromatic hydroxyl groups is 1. The molecule has 0 aliphatic carbocycles. The molecule has 0 fully saturated rings. The van der Waals surface area contributed by atoms with Crippen molar-refractivity contribution in [1.29, 1.82) is 0 Å². The van der Waals surface area contributed by atoms with Gasteiger partial charge in [0.2, 0.25) is 0 Å². The lowest BCUT2D eigenvalue weighted by Gasteiger charge is -2.25. The first-order valence-corrected chi connectivity index (χ1v) is 14.3. The number of para-hydroxylation sites is 1. The van der Waals surface area contributed by atoms with Crippen LogP contribution in [0.3, 0.4) is 0 Å². The van der Waals surface area contributed by atoms with Crippen LogP contribution >= 0.6 is 11.3 Å². The van der Waals surface area contributed by atoms with Gasteiger partial charge in [-0.05, 0) is 68.8 Å². The second-order valence-electron chi connectivity index (χ2n) is 9.59. The number of carbonyl (C=O) groups excluding carboxylic acids is 1. The second-order valence-corrected chi connectivity index (χ2v) is 10.6. The van der Waals surface area contributed by atoms with Crippen LogP contribution in [0.2, 0.25) is 0 Å². The zero-order valence-corrected chi connectivity index (χ0v) is 24.2. The van der Waals surface area contributed by atoms with E-state index in [1.807, 2.05) is 66.7 Å². The molecule has 1 aliphatic heterocycles. The zero-order chi connectivity index (χ0) is 29.1. The van der Waals surface area contributed by atoms with Crippen LogP contribution in [0.5, 0.6) is 11.5 Å². The van der Waals surface area contributed by atoms with Crippen molar-refractivity contribution >= 4 is 34.7 Å². The second kappa shape index (κ2) is 11.9. The molecule has 0 saturated heterocycles. The van der Waals surface area contributed by atoms with Gasteiger partial charge in [0.1, 0.15) is 11.5 Å². The maximum atomic E-state index is 14.0. The van der Waals surface area contributed by atoms with Gasteiger partial charge >= 0.3 is 0 Å². The number of methoxy groups -OCH3 is 1. The summed E-state index contributed by atoms with van der Waals surface area (Å²) in [5.41, 5.74) is 3.39. The number of thiazole rings is 1. The van der Waals surface area contributed by atoms with E-state index in [1.54, 1.807) is 30.7 Å². The fourth-order valence-electron chi connectivity index (χ4n) is 5.04. The highest BCUT2D eigenvalue weighted by Gasteiger charge is 2.32. The molecule has 9 heteroatoms. The first-order chi connectivity index (χ1) is 19.8. The Morgan fingerprint density at radius 2 is 1.85 bits per heavy atom. The zero-order valence-electron chi connectivity index (χ0n) is 23.4. The number of rotatable bonds is 8. The summed E-state index contributed by atoms with van der Waals surface area (Å²) in [5.74, 6) is 0.355.